The van der Waals surface area contributed by atoms with Crippen LogP contribution in [0.25, 0.3) is 0 Å². The SMILES string of the molecule is CC(=O)OCC1OC(O[C@H]2CC[C@@]3(C)C(CC[C@]4(C)C3CC=C3[C@@H]5CC(C)(C)CC[C@]5(C(=O)O)CC[C@]34C)[C@]2(C)CO)C(O)C(O)C1OC1OC(C)C(O)C(OC2OCC(O)C(O)C2O)C1O. The molecule has 0 aromatic heterocycles. The van der Waals surface area contributed by atoms with E-state index in [1.165, 1.54) is 19.4 Å². The summed E-state index contributed by atoms with van der Waals surface area (Å²) < 4.78 is 41.3. The summed E-state index contributed by atoms with van der Waals surface area (Å²) >= 11 is 0. The Labute approximate surface area is 393 Å². The number of carboxylic acids is 1. The molecule has 18 nitrogen and oxygen atoms in total. The molecule has 0 aromatic carbocycles. The molecule has 9 N–H and O–H groups in total. The highest BCUT2D eigenvalue weighted by Crippen LogP contribution is 2.76. The molecule has 3 aliphatic heterocycles. The first-order valence-electron chi connectivity index (χ1n) is 24.6. The molecule has 7 fully saturated rings. The van der Waals surface area contributed by atoms with E-state index in [-0.39, 0.29) is 46.0 Å². The summed E-state index contributed by atoms with van der Waals surface area (Å²) in [6.07, 6.45) is -12.2. The number of aliphatic carboxylic acids is 1. The van der Waals surface area contributed by atoms with Crippen molar-refractivity contribution in [3.05, 3.63) is 11.6 Å². The van der Waals surface area contributed by atoms with Crippen molar-refractivity contribution in [1.29, 1.82) is 0 Å². The lowest BCUT2D eigenvalue weighted by Crippen LogP contribution is -2.67. The van der Waals surface area contributed by atoms with Gasteiger partial charge in [0.1, 0.15) is 67.6 Å². The van der Waals surface area contributed by atoms with Crippen molar-refractivity contribution in [2.45, 2.75) is 212 Å². The quantitative estimate of drug-likeness (QED) is 0.0859. The molecule has 18 heteroatoms. The number of aliphatic hydroxyl groups is 8. The summed E-state index contributed by atoms with van der Waals surface area (Å²) in [5, 5.41) is 98.7. The van der Waals surface area contributed by atoms with Gasteiger partial charge >= 0.3 is 11.9 Å². The number of carbonyl (C=O) groups is 2. The number of hydrogen-bond donors (Lipinski definition) is 9. The van der Waals surface area contributed by atoms with Crippen LogP contribution in [0.15, 0.2) is 11.6 Å². The molecule has 3 heterocycles. The summed E-state index contributed by atoms with van der Waals surface area (Å²) in [4.78, 5) is 25.2. The average Bonchev–Trinajstić information content (AvgIpc) is 3.26. The van der Waals surface area contributed by atoms with Crippen molar-refractivity contribution >= 4 is 11.9 Å². The van der Waals surface area contributed by atoms with Gasteiger partial charge in [-0.05, 0) is 111 Å². The minimum absolute atomic E-state index is 0.0130. The Bertz CT molecular complexity index is 1860. The number of rotatable bonds is 10. The van der Waals surface area contributed by atoms with Crippen molar-refractivity contribution < 1.29 is 88.7 Å². The summed E-state index contributed by atoms with van der Waals surface area (Å²) in [6, 6.07) is 0. The first kappa shape index (κ1) is 51.5. The molecule has 8 rings (SSSR count). The smallest absolute Gasteiger partial charge is 0.310 e. The molecule has 3 saturated heterocycles. The van der Waals surface area contributed by atoms with Crippen molar-refractivity contribution in [2.24, 2.45) is 50.2 Å². The molecule has 0 radical (unpaired) electrons. The zero-order valence-corrected chi connectivity index (χ0v) is 40.4. The van der Waals surface area contributed by atoms with Crippen LogP contribution in [-0.2, 0) is 42.7 Å². The van der Waals surface area contributed by atoms with Crippen LogP contribution in [0.1, 0.15) is 120 Å². The Morgan fingerprint density at radius 3 is 2.06 bits per heavy atom. The first-order chi connectivity index (χ1) is 31.3. The molecule has 0 spiro atoms. The van der Waals surface area contributed by atoms with Crippen molar-refractivity contribution in [1.82, 2.24) is 0 Å². The molecule has 4 saturated carbocycles. The molecule has 16 unspecified atom stereocenters. The number of ether oxygens (including phenoxy) is 7. The molecule has 67 heavy (non-hydrogen) atoms. The van der Waals surface area contributed by atoms with Gasteiger partial charge in [-0.15, -0.1) is 0 Å². The highest BCUT2D eigenvalue weighted by Gasteiger charge is 2.70. The summed E-state index contributed by atoms with van der Waals surface area (Å²) in [7, 11) is 0. The van der Waals surface area contributed by atoms with Crippen molar-refractivity contribution in [2.75, 3.05) is 19.8 Å². The minimum atomic E-state index is -1.80. The molecular formula is C49H78O18. The predicted octanol–water partition coefficient (Wildman–Crippen LogP) is 1.92. The Balaban J connectivity index is 1.000. The topological polar surface area (TPSA) is 281 Å². The van der Waals surface area contributed by atoms with Crippen LogP contribution < -0.4 is 0 Å². The standard InChI is InChI=1S/C49H78O18/c1-23-32(53)39(67-40-35(56)33(54)27(52)20-62-40)37(58)42(63-23)66-38-28(21-61-24(2)51)64-41(36(57)34(38)55)65-31-12-13-45(5)29(46(31,6)22-50)11-14-48(8)30(45)10-9-25-26-19-44(3,4)15-17-49(26,43(59)60)18-16-47(25,48)7/h9,23,26-42,50,52-58H,10-22H2,1-8H3,(H,59,60)/t23?,26-,27?,28?,29?,30?,31-,32?,33?,34?,35?,36?,37?,38?,39?,40?,41?,42?,45-,46-,47+,48+,49-/m0/s1. The molecule has 0 aromatic rings. The van der Waals surface area contributed by atoms with Gasteiger partial charge in [0.25, 0.3) is 0 Å². The predicted molar refractivity (Wildman–Crippen MR) is 234 cm³/mol. The second-order valence-corrected chi connectivity index (χ2v) is 23.5. The fourth-order valence-electron chi connectivity index (χ4n) is 15.0. The van der Waals surface area contributed by atoms with E-state index in [4.69, 9.17) is 33.2 Å². The van der Waals surface area contributed by atoms with Crippen LogP contribution >= 0.6 is 0 Å². The average molecular weight is 955 g/mol. The zero-order valence-electron chi connectivity index (χ0n) is 40.4. The van der Waals surface area contributed by atoms with Crippen LogP contribution in [0, 0.1) is 50.2 Å². The van der Waals surface area contributed by atoms with Gasteiger partial charge in [0.2, 0.25) is 0 Å². The maximum Gasteiger partial charge on any atom is 0.310 e. The Morgan fingerprint density at radius 1 is 0.731 bits per heavy atom. The molecular weight excluding hydrogens is 877 g/mol. The number of hydrogen-bond acceptors (Lipinski definition) is 17. The Morgan fingerprint density at radius 2 is 1.39 bits per heavy atom. The van der Waals surface area contributed by atoms with Gasteiger partial charge in [-0.3, -0.25) is 9.59 Å². The number of allylic oxidation sites excluding steroid dienone is 2. The second-order valence-electron chi connectivity index (χ2n) is 23.5. The maximum atomic E-state index is 13.1. The van der Waals surface area contributed by atoms with Gasteiger partial charge in [0, 0.05) is 12.3 Å². The van der Waals surface area contributed by atoms with Gasteiger partial charge in [-0.2, -0.15) is 0 Å². The lowest BCUT2D eigenvalue weighted by Gasteiger charge is -2.71. The summed E-state index contributed by atoms with van der Waals surface area (Å²) in [6.45, 7) is 15.3. The number of esters is 1. The third-order valence-electron chi connectivity index (χ3n) is 19.4. The van der Waals surface area contributed by atoms with E-state index in [2.05, 4.69) is 40.7 Å². The van der Waals surface area contributed by atoms with Gasteiger partial charge in [0.05, 0.1) is 30.8 Å². The van der Waals surface area contributed by atoms with E-state index in [9.17, 15) is 55.5 Å². The van der Waals surface area contributed by atoms with Crippen molar-refractivity contribution in [3.8, 4) is 0 Å². The summed E-state index contributed by atoms with van der Waals surface area (Å²) in [5.74, 6) is -1.12. The zero-order chi connectivity index (χ0) is 49.0. The molecule has 382 valence electrons. The Kier molecular flexibility index (Phi) is 14.1. The Hall–Kier alpha value is -1.88. The maximum absolute atomic E-state index is 13.1. The normalized spacial score (nSPS) is 52.9. The van der Waals surface area contributed by atoms with Crippen LogP contribution in [0.5, 0.6) is 0 Å². The van der Waals surface area contributed by atoms with E-state index in [0.717, 1.165) is 44.9 Å². The second kappa shape index (κ2) is 18.3. The van der Waals surface area contributed by atoms with Crippen LogP contribution in [0.2, 0.25) is 0 Å². The largest absolute Gasteiger partial charge is 0.481 e. The van der Waals surface area contributed by atoms with E-state index >= 15 is 0 Å². The number of carboxylic acid groups (broad SMARTS) is 1. The van der Waals surface area contributed by atoms with Crippen molar-refractivity contribution in [3.63, 3.8) is 0 Å². The van der Waals surface area contributed by atoms with E-state index in [1.54, 1.807) is 0 Å². The first-order valence-corrected chi connectivity index (χ1v) is 24.6. The van der Waals surface area contributed by atoms with Gasteiger partial charge < -0.3 is 79.1 Å². The molecule has 0 amide bonds. The van der Waals surface area contributed by atoms with Crippen LogP contribution in [-0.4, -0.2) is 170 Å². The molecule has 0 bridgehead atoms. The highest BCUT2D eigenvalue weighted by atomic mass is 16.8. The number of fused-ring (bicyclic) bond motifs is 7. The van der Waals surface area contributed by atoms with E-state index in [0.29, 0.717) is 19.3 Å². The third-order valence-corrected chi connectivity index (χ3v) is 19.4. The number of carbonyl (C=O) groups excluding carboxylic acids is 1. The lowest BCUT2D eigenvalue weighted by molar-refractivity contribution is -0.379. The third kappa shape index (κ3) is 8.35. The van der Waals surface area contributed by atoms with E-state index < -0.39 is 128 Å². The van der Waals surface area contributed by atoms with Gasteiger partial charge in [-0.25, -0.2) is 0 Å². The monoisotopic (exact) mass is 955 g/mol. The minimum Gasteiger partial charge on any atom is -0.481 e. The highest BCUT2D eigenvalue weighted by molar-refractivity contribution is 5.76. The fraction of sp³-hybridized carbons (Fsp3) is 0.918. The van der Waals surface area contributed by atoms with Crippen LogP contribution in [0.4, 0.5) is 0 Å². The molecule has 23 atom stereocenters. The molecule has 5 aliphatic carbocycles. The fourth-order valence-corrected chi connectivity index (χ4v) is 15.0. The van der Waals surface area contributed by atoms with E-state index in [1.807, 2.05) is 6.92 Å². The molecule has 8 aliphatic rings. The number of aliphatic hydroxyl groups excluding tert-OH is 8. The van der Waals surface area contributed by atoms with Crippen LogP contribution in [0.3, 0.4) is 0 Å². The van der Waals surface area contributed by atoms with Gasteiger partial charge in [-0.1, -0.05) is 53.2 Å². The summed E-state index contributed by atoms with van der Waals surface area (Å²) in [5.41, 5.74) is -0.724. The van der Waals surface area contributed by atoms with Gasteiger partial charge in [0.15, 0.2) is 18.9 Å². The lowest BCUT2D eigenvalue weighted by atomic mass is 9.33.